The Bertz CT molecular complexity index is 1310. The minimum absolute atomic E-state index is 0.00263. The number of non-ortho nitro benzene ring substituents is 1. The summed E-state index contributed by atoms with van der Waals surface area (Å²) in [6.45, 7) is 0.0940. The Morgan fingerprint density at radius 3 is 2.56 bits per heavy atom. The molecule has 1 aliphatic rings. The Balaban J connectivity index is 1.69. The van der Waals surface area contributed by atoms with Gasteiger partial charge in [-0.05, 0) is 52.4 Å². The third-order valence-corrected chi connectivity index (χ3v) is 5.78. The SMILES string of the molecule is C#CCN1C(=O)S/C(=C\c2c(OCc3ccc([N+](=O)[O-])cc3)ccc3ccccc23)C1=O. The summed E-state index contributed by atoms with van der Waals surface area (Å²) >= 11 is 0.836. The fourth-order valence-electron chi connectivity index (χ4n) is 3.28. The summed E-state index contributed by atoms with van der Waals surface area (Å²) in [5.41, 5.74) is 1.42. The van der Waals surface area contributed by atoms with Crippen molar-refractivity contribution in [3.8, 4) is 18.1 Å². The lowest BCUT2D eigenvalue weighted by Crippen LogP contribution is -2.28. The van der Waals surface area contributed by atoms with Crippen molar-refractivity contribution in [2.45, 2.75) is 6.61 Å². The molecular formula is C24H16N2O5S. The molecule has 0 N–H and O–H groups in total. The molecule has 1 fully saturated rings. The van der Waals surface area contributed by atoms with Crippen molar-refractivity contribution in [3.05, 3.63) is 86.8 Å². The molecule has 0 aromatic heterocycles. The normalized spacial score (nSPS) is 14.7. The average Bonchev–Trinajstić information content (AvgIpc) is 3.06. The van der Waals surface area contributed by atoms with Gasteiger partial charge in [0.25, 0.3) is 16.8 Å². The minimum Gasteiger partial charge on any atom is -0.488 e. The predicted octanol–water partition coefficient (Wildman–Crippen LogP) is 5.00. The van der Waals surface area contributed by atoms with Crippen molar-refractivity contribution in [3.63, 3.8) is 0 Å². The van der Waals surface area contributed by atoms with E-state index >= 15 is 0 Å². The van der Waals surface area contributed by atoms with Gasteiger partial charge >= 0.3 is 0 Å². The Morgan fingerprint density at radius 2 is 1.84 bits per heavy atom. The number of carbonyl (C=O) groups is 2. The number of amides is 2. The second kappa shape index (κ2) is 8.96. The molecule has 32 heavy (non-hydrogen) atoms. The molecule has 0 aliphatic carbocycles. The van der Waals surface area contributed by atoms with E-state index in [1.54, 1.807) is 24.3 Å². The fraction of sp³-hybridized carbons (Fsp3) is 0.0833. The highest BCUT2D eigenvalue weighted by Gasteiger charge is 2.34. The highest BCUT2D eigenvalue weighted by Crippen LogP contribution is 2.37. The van der Waals surface area contributed by atoms with E-state index in [0.29, 0.717) is 11.3 Å². The Labute approximate surface area is 187 Å². The molecule has 7 nitrogen and oxygen atoms in total. The summed E-state index contributed by atoms with van der Waals surface area (Å²) in [4.78, 5) is 36.5. The van der Waals surface area contributed by atoms with Gasteiger partial charge in [-0.3, -0.25) is 24.6 Å². The van der Waals surface area contributed by atoms with Gasteiger partial charge < -0.3 is 4.74 Å². The van der Waals surface area contributed by atoms with Crippen LogP contribution < -0.4 is 4.74 Å². The van der Waals surface area contributed by atoms with Gasteiger partial charge in [-0.2, -0.15) is 0 Å². The molecule has 1 aliphatic heterocycles. The van der Waals surface area contributed by atoms with Crippen LogP contribution >= 0.6 is 11.8 Å². The smallest absolute Gasteiger partial charge is 0.294 e. The summed E-state index contributed by atoms with van der Waals surface area (Å²) in [6, 6.07) is 17.4. The zero-order valence-corrected chi connectivity index (χ0v) is 17.5. The molecule has 0 atom stereocenters. The van der Waals surface area contributed by atoms with Crippen molar-refractivity contribution in [1.82, 2.24) is 4.90 Å². The predicted molar refractivity (Wildman–Crippen MR) is 123 cm³/mol. The lowest BCUT2D eigenvalue weighted by Gasteiger charge is -2.13. The number of fused-ring (bicyclic) bond motifs is 1. The summed E-state index contributed by atoms with van der Waals surface area (Å²) in [5, 5.41) is 12.2. The molecule has 0 radical (unpaired) electrons. The van der Waals surface area contributed by atoms with Crippen LogP contribution in [0.5, 0.6) is 5.75 Å². The number of rotatable bonds is 6. The van der Waals surface area contributed by atoms with E-state index in [1.807, 2.05) is 30.3 Å². The Kier molecular flexibility index (Phi) is 5.92. The zero-order chi connectivity index (χ0) is 22.7. The molecule has 1 saturated heterocycles. The van der Waals surface area contributed by atoms with Crippen molar-refractivity contribution in [1.29, 1.82) is 0 Å². The highest BCUT2D eigenvalue weighted by atomic mass is 32.2. The number of hydrogen-bond donors (Lipinski definition) is 0. The van der Waals surface area contributed by atoms with Gasteiger partial charge in [-0.25, -0.2) is 0 Å². The Morgan fingerprint density at radius 1 is 1.09 bits per heavy atom. The number of nitro groups is 1. The van der Waals surface area contributed by atoms with Crippen LogP contribution in [0.1, 0.15) is 11.1 Å². The van der Waals surface area contributed by atoms with Crippen molar-refractivity contribution in [2.75, 3.05) is 6.54 Å². The maximum absolute atomic E-state index is 12.6. The monoisotopic (exact) mass is 444 g/mol. The number of terminal acetylenes is 1. The van der Waals surface area contributed by atoms with Crippen LogP contribution in [-0.2, 0) is 11.4 Å². The first kappa shape index (κ1) is 21.2. The molecule has 1 heterocycles. The second-order valence-corrected chi connectivity index (χ2v) is 7.88. The number of benzene rings is 3. The number of imide groups is 1. The van der Waals surface area contributed by atoms with Crippen molar-refractivity contribution >= 4 is 45.4 Å². The number of thioether (sulfide) groups is 1. The van der Waals surface area contributed by atoms with Crippen LogP contribution in [0, 0.1) is 22.5 Å². The van der Waals surface area contributed by atoms with Crippen molar-refractivity contribution in [2.24, 2.45) is 0 Å². The standard InChI is InChI=1S/C24H16N2O5S/c1-2-13-25-23(27)22(32-24(25)28)14-20-19-6-4-3-5-17(19)9-12-21(20)31-15-16-7-10-18(11-8-16)26(29)30/h1,3-12,14H,13,15H2/b22-14-. The topological polar surface area (TPSA) is 89.8 Å². The van der Waals surface area contributed by atoms with Crippen LogP contribution in [0.15, 0.2) is 65.6 Å². The van der Waals surface area contributed by atoms with Crippen LogP contribution in [-0.4, -0.2) is 27.5 Å². The molecule has 0 bridgehead atoms. The minimum atomic E-state index is -0.459. The average molecular weight is 444 g/mol. The Hall–Kier alpha value is -4.09. The molecule has 0 saturated carbocycles. The van der Waals surface area contributed by atoms with Crippen LogP contribution in [0.25, 0.3) is 16.8 Å². The summed E-state index contributed by atoms with van der Waals surface area (Å²) in [7, 11) is 0. The third kappa shape index (κ3) is 4.19. The zero-order valence-electron chi connectivity index (χ0n) is 16.7. The number of nitrogens with zero attached hydrogens (tertiary/aromatic N) is 2. The van der Waals surface area contributed by atoms with E-state index in [4.69, 9.17) is 11.2 Å². The van der Waals surface area contributed by atoms with Gasteiger partial charge in [0.15, 0.2) is 0 Å². The van der Waals surface area contributed by atoms with Gasteiger partial charge in [-0.1, -0.05) is 36.3 Å². The van der Waals surface area contributed by atoms with Gasteiger partial charge in [0, 0.05) is 17.7 Å². The van der Waals surface area contributed by atoms with Gasteiger partial charge in [0.05, 0.1) is 16.4 Å². The van der Waals surface area contributed by atoms with Gasteiger partial charge in [-0.15, -0.1) is 6.42 Å². The quantitative estimate of drug-likeness (QED) is 0.230. The first-order valence-corrected chi connectivity index (χ1v) is 10.4. The molecule has 2 amide bonds. The number of carbonyl (C=O) groups excluding carboxylic acids is 2. The lowest BCUT2D eigenvalue weighted by atomic mass is 10.0. The molecule has 158 valence electrons. The summed E-state index contributed by atoms with van der Waals surface area (Å²) in [5.74, 6) is 2.40. The molecular weight excluding hydrogens is 428 g/mol. The summed E-state index contributed by atoms with van der Waals surface area (Å²) in [6.07, 6.45) is 6.92. The van der Waals surface area contributed by atoms with E-state index in [1.165, 1.54) is 12.1 Å². The van der Waals surface area contributed by atoms with Crippen LogP contribution in [0.3, 0.4) is 0 Å². The van der Waals surface area contributed by atoms with Gasteiger partial charge in [0.2, 0.25) is 0 Å². The van der Waals surface area contributed by atoms with Crippen LogP contribution in [0.4, 0.5) is 10.5 Å². The van der Waals surface area contributed by atoms with Crippen molar-refractivity contribution < 1.29 is 19.2 Å². The summed E-state index contributed by atoms with van der Waals surface area (Å²) < 4.78 is 6.01. The third-order valence-electron chi connectivity index (χ3n) is 4.87. The maximum Gasteiger partial charge on any atom is 0.294 e. The lowest BCUT2D eigenvalue weighted by molar-refractivity contribution is -0.384. The first-order chi connectivity index (χ1) is 15.5. The van der Waals surface area contributed by atoms with Gasteiger partial charge in [0.1, 0.15) is 12.4 Å². The highest BCUT2D eigenvalue weighted by molar-refractivity contribution is 8.18. The molecule has 4 rings (SSSR count). The molecule has 0 spiro atoms. The van der Waals surface area contributed by atoms with E-state index in [0.717, 1.165) is 33.0 Å². The van der Waals surface area contributed by atoms with E-state index in [-0.39, 0.29) is 23.7 Å². The number of ether oxygens (including phenoxy) is 1. The first-order valence-electron chi connectivity index (χ1n) is 9.54. The second-order valence-electron chi connectivity index (χ2n) is 6.88. The largest absolute Gasteiger partial charge is 0.488 e. The van der Waals surface area contributed by atoms with E-state index < -0.39 is 16.1 Å². The van der Waals surface area contributed by atoms with Crippen LogP contribution in [0.2, 0.25) is 0 Å². The number of nitro benzene ring substituents is 1. The molecule has 0 unspecified atom stereocenters. The fourth-order valence-corrected chi connectivity index (χ4v) is 4.10. The molecule has 3 aromatic carbocycles. The number of hydrogen-bond acceptors (Lipinski definition) is 6. The molecule has 3 aromatic rings. The van der Waals surface area contributed by atoms with E-state index in [2.05, 4.69) is 5.92 Å². The maximum atomic E-state index is 12.6. The van der Waals surface area contributed by atoms with E-state index in [9.17, 15) is 19.7 Å². The molecule has 8 heteroatoms.